The lowest BCUT2D eigenvalue weighted by molar-refractivity contribution is -0.143. The Morgan fingerprint density at radius 1 is 1.14 bits per heavy atom. The summed E-state index contributed by atoms with van der Waals surface area (Å²) in [6, 6.07) is 10.6. The smallest absolute Gasteiger partial charge is 0.314 e. The standard InChI is InChI=1S/C17H14F2O2/c18-13-7-11(8-14(19)9-13)10-17(16(20)21)6-5-12-3-1-2-4-15(12)17/h1-4,7-9H,5-6,10H2,(H,20,21). The van der Waals surface area contributed by atoms with Crippen molar-refractivity contribution in [2.24, 2.45) is 0 Å². The number of fused-ring (bicyclic) bond motifs is 1. The number of aryl methyl sites for hydroxylation is 1. The number of hydrogen-bond donors (Lipinski definition) is 1. The molecule has 0 aliphatic heterocycles. The van der Waals surface area contributed by atoms with Crippen molar-refractivity contribution in [3.63, 3.8) is 0 Å². The summed E-state index contributed by atoms with van der Waals surface area (Å²) >= 11 is 0. The molecule has 21 heavy (non-hydrogen) atoms. The van der Waals surface area contributed by atoms with Crippen LogP contribution in [0.4, 0.5) is 8.78 Å². The first-order chi connectivity index (χ1) is 10.0. The van der Waals surface area contributed by atoms with E-state index in [-0.39, 0.29) is 6.42 Å². The van der Waals surface area contributed by atoms with E-state index < -0.39 is 23.0 Å². The maximum absolute atomic E-state index is 13.3. The highest BCUT2D eigenvalue weighted by Crippen LogP contribution is 2.41. The van der Waals surface area contributed by atoms with Crippen molar-refractivity contribution in [1.29, 1.82) is 0 Å². The molecular formula is C17H14F2O2. The second-order valence-electron chi connectivity index (χ2n) is 5.50. The van der Waals surface area contributed by atoms with Gasteiger partial charge in [0.2, 0.25) is 0 Å². The maximum atomic E-state index is 13.3. The number of aliphatic carboxylic acids is 1. The molecule has 0 spiro atoms. The van der Waals surface area contributed by atoms with Gasteiger partial charge in [0.25, 0.3) is 0 Å². The van der Waals surface area contributed by atoms with Crippen LogP contribution in [0.15, 0.2) is 42.5 Å². The van der Waals surface area contributed by atoms with Gasteiger partial charge in [-0.05, 0) is 48.1 Å². The van der Waals surface area contributed by atoms with Crippen LogP contribution >= 0.6 is 0 Å². The molecule has 0 saturated carbocycles. The largest absolute Gasteiger partial charge is 0.481 e. The lowest BCUT2D eigenvalue weighted by atomic mass is 9.76. The van der Waals surface area contributed by atoms with Gasteiger partial charge in [-0.15, -0.1) is 0 Å². The van der Waals surface area contributed by atoms with Crippen molar-refractivity contribution in [3.8, 4) is 0 Å². The predicted molar refractivity (Wildman–Crippen MR) is 74.1 cm³/mol. The molecule has 2 aromatic rings. The van der Waals surface area contributed by atoms with Crippen LogP contribution in [0.25, 0.3) is 0 Å². The van der Waals surface area contributed by atoms with Crippen LogP contribution in [0.5, 0.6) is 0 Å². The fourth-order valence-electron chi connectivity index (χ4n) is 3.23. The Morgan fingerprint density at radius 2 is 1.81 bits per heavy atom. The number of halogens is 2. The van der Waals surface area contributed by atoms with Gasteiger partial charge in [-0.1, -0.05) is 24.3 Å². The van der Waals surface area contributed by atoms with E-state index in [1.165, 1.54) is 12.1 Å². The Labute approximate surface area is 121 Å². The topological polar surface area (TPSA) is 37.3 Å². The van der Waals surface area contributed by atoms with Crippen LogP contribution < -0.4 is 0 Å². The Balaban J connectivity index is 2.06. The Hall–Kier alpha value is -2.23. The first-order valence-electron chi connectivity index (χ1n) is 6.78. The Bertz CT molecular complexity index is 691. The van der Waals surface area contributed by atoms with Crippen LogP contribution in [0, 0.1) is 11.6 Å². The van der Waals surface area contributed by atoms with E-state index in [0.29, 0.717) is 18.4 Å². The number of carbonyl (C=O) groups is 1. The van der Waals surface area contributed by atoms with E-state index in [0.717, 1.165) is 17.2 Å². The molecule has 0 aromatic heterocycles. The average molecular weight is 288 g/mol. The van der Waals surface area contributed by atoms with Gasteiger partial charge in [-0.2, -0.15) is 0 Å². The molecule has 4 heteroatoms. The molecule has 0 heterocycles. The minimum atomic E-state index is -1.10. The van der Waals surface area contributed by atoms with Gasteiger partial charge in [0.1, 0.15) is 11.6 Å². The van der Waals surface area contributed by atoms with E-state index in [4.69, 9.17) is 0 Å². The van der Waals surface area contributed by atoms with Gasteiger partial charge in [-0.3, -0.25) is 4.79 Å². The highest BCUT2D eigenvalue weighted by Gasteiger charge is 2.45. The van der Waals surface area contributed by atoms with Gasteiger partial charge in [0.15, 0.2) is 0 Å². The normalized spacial score (nSPS) is 20.3. The lowest BCUT2D eigenvalue weighted by Crippen LogP contribution is -2.36. The maximum Gasteiger partial charge on any atom is 0.314 e. The first kappa shape index (κ1) is 13.7. The van der Waals surface area contributed by atoms with Crippen LogP contribution in [0.1, 0.15) is 23.1 Å². The highest BCUT2D eigenvalue weighted by molar-refractivity contribution is 5.83. The van der Waals surface area contributed by atoms with Gasteiger partial charge in [0, 0.05) is 6.07 Å². The van der Waals surface area contributed by atoms with Crippen molar-refractivity contribution in [2.45, 2.75) is 24.7 Å². The highest BCUT2D eigenvalue weighted by atomic mass is 19.1. The third-order valence-electron chi connectivity index (χ3n) is 4.19. The van der Waals surface area contributed by atoms with Gasteiger partial charge >= 0.3 is 5.97 Å². The summed E-state index contributed by atoms with van der Waals surface area (Å²) < 4.78 is 26.7. The second kappa shape index (κ2) is 4.95. The molecule has 3 rings (SSSR count). The molecule has 1 aliphatic carbocycles. The summed E-state index contributed by atoms with van der Waals surface area (Å²) in [4.78, 5) is 11.9. The molecule has 0 amide bonds. The van der Waals surface area contributed by atoms with Crippen molar-refractivity contribution >= 4 is 5.97 Å². The minimum absolute atomic E-state index is 0.0913. The molecule has 1 atom stereocenters. The summed E-state index contributed by atoms with van der Waals surface area (Å²) in [6.45, 7) is 0. The minimum Gasteiger partial charge on any atom is -0.481 e. The van der Waals surface area contributed by atoms with E-state index in [9.17, 15) is 18.7 Å². The third-order valence-corrected chi connectivity index (χ3v) is 4.19. The SMILES string of the molecule is O=C(O)C1(Cc2cc(F)cc(F)c2)CCc2ccccc21. The third kappa shape index (κ3) is 2.31. The van der Waals surface area contributed by atoms with Crippen molar-refractivity contribution in [1.82, 2.24) is 0 Å². The number of carboxylic acid groups (broad SMARTS) is 1. The predicted octanol–water partition coefficient (Wildman–Crippen LogP) is 3.48. The molecule has 0 saturated heterocycles. The summed E-state index contributed by atoms with van der Waals surface area (Å²) in [5.41, 5.74) is 1.02. The van der Waals surface area contributed by atoms with Gasteiger partial charge in [0.05, 0.1) is 5.41 Å². The molecule has 1 N–H and O–H groups in total. The summed E-state index contributed by atoms with van der Waals surface area (Å²) in [5, 5.41) is 9.72. The molecule has 1 unspecified atom stereocenters. The quantitative estimate of drug-likeness (QED) is 0.939. The Kier molecular flexibility index (Phi) is 3.24. The zero-order valence-corrected chi connectivity index (χ0v) is 11.3. The number of carboxylic acids is 1. The van der Waals surface area contributed by atoms with Crippen molar-refractivity contribution in [2.75, 3.05) is 0 Å². The molecule has 0 bridgehead atoms. The molecule has 2 aromatic carbocycles. The molecule has 0 fully saturated rings. The number of rotatable bonds is 3. The Morgan fingerprint density at radius 3 is 2.48 bits per heavy atom. The zero-order valence-electron chi connectivity index (χ0n) is 11.3. The van der Waals surface area contributed by atoms with Crippen LogP contribution in [-0.2, 0) is 23.1 Å². The fourth-order valence-corrected chi connectivity index (χ4v) is 3.23. The van der Waals surface area contributed by atoms with Gasteiger partial charge < -0.3 is 5.11 Å². The fraction of sp³-hybridized carbons (Fsp3) is 0.235. The van der Waals surface area contributed by atoms with Crippen LogP contribution in [0.3, 0.4) is 0 Å². The monoisotopic (exact) mass is 288 g/mol. The summed E-state index contributed by atoms with van der Waals surface area (Å²) in [7, 11) is 0. The first-order valence-corrected chi connectivity index (χ1v) is 6.78. The molecule has 2 nitrogen and oxygen atoms in total. The average Bonchev–Trinajstić information content (AvgIpc) is 2.78. The zero-order chi connectivity index (χ0) is 15.0. The second-order valence-corrected chi connectivity index (χ2v) is 5.50. The van der Waals surface area contributed by atoms with E-state index >= 15 is 0 Å². The summed E-state index contributed by atoms with van der Waals surface area (Å²) in [6.07, 6.45) is 1.20. The molecule has 0 radical (unpaired) electrons. The van der Waals surface area contributed by atoms with Crippen LogP contribution in [-0.4, -0.2) is 11.1 Å². The summed E-state index contributed by atoms with van der Waals surface area (Å²) in [5.74, 6) is -2.31. The van der Waals surface area contributed by atoms with Crippen LogP contribution in [0.2, 0.25) is 0 Å². The lowest BCUT2D eigenvalue weighted by Gasteiger charge is -2.25. The van der Waals surface area contributed by atoms with Crippen molar-refractivity contribution < 1.29 is 18.7 Å². The number of hydrogen-bond acceptors (Lipinski definition) is 1. The van der Waals surface area contributed by atoms with Crippen molar-refractivity contribution in [3.05, 3.63) is 70.8 Å². The van der Waals surface area contributed by atoms with E-state index in [1.807, 2.05) is 12.1 Å². The molecule has 1 aliphatic rings. The van der Waals surface area contributed by atoms with E-state index in [1.54, 1.807) is 12.1 Å². The number of benzene rings is 2. The molecular weight excluding hydrogens is 274 g/mol. The van der Waals surface area contributed by atoms with Gasteiger partial charge in [-0.25, -0.2) is 8.78 Å². The van der Waals surface area contributed by atoms with E-state index in [2.05, 4.69) is 0 Å². The molecule has 108 valence electrons.